The van der Waals surface area contributed by atoms with Gasteiger partial charge in [-0.3, -0.25) is 4.90 Å². The lowest BCUT2D eigenvalue weighted by molar-refractivity contribution is 0.0572. The quantitative estimate of drug-likeness (QED) is 0.422. The van der Waals surface area contributed by atoms with Gasteiger partial charge in [0, 0.05) is 69.2 Å². The molecule has 4 heterocycles. The smallest absolute Gasteiger partial charge is 0.224 e. The largest absolute Gasteiger partial charge is 0.389 e. The first-order valence-electron chi connectivity index (χ1n) is 12.2. The Morgan fingerprint density at radius 1 is 0.947 bits per heavy atom. The highest BCUT2D eigenvalue weighted by Gasteiger charge is 2.31. The summed E-state index contributed by atoms with van der Waals surface area (Å²) < 4.78 is 28.8. The van der Waals surface area contributed by atoms with E-state index in [0.717, 1.165) is 37.0 Å². The van der Waals surface area contributed by atoms with E-state index in [0.29, 0.717) is 30.4 Å². The van der Waals surface area contributed by atoms with Crippen molar-refractivity contribution in [2.45, 2.75) is 19.1 Å². The van der Waals surface area contributed by atoms with Crippen molar-refractivity contribution in [2.75, 3.05) is 61.3 Å². The normalized spacial score (nSPS) is 20.3. The zero-order valence-electron chi connectivity index (χ0n) is 20.9. The van der Waals surface area contributed by atoms with Crippen LogP contribution in [0.1, 0.15) is 11.3 Å². The number of rotatable bonds is 6. The topological polar surface area (TPSA) is 120 Å². The first-order chi connectivity index (χ1) is 17.8. The molecule has 38 heavy (non-hydrogen) atoms. The molecule has 2 saturated heterocycles. The number of aromatic nitrogens is 4. The van der Waals surface area contributed by atoms with Gasteiger partial charge in [-0.1, -0.05) is 12.2 Å². The van der Waals surface area contributed by atoms with Crippen LogP contribution >= 0.6 is 12.4 Å². The van der Waals surface area contributed by atoms with Crippen molar-refractivity contribution in [3.8, 4) is 5.82 Å². The minimum Gasteiger partial charge on any atom is -0.389 e. The van der Waals surface area contributed by atoms with Crippen molar-refractivity contribution in [3.05, 3.63) is 59.4 Å². The summed E-state index contributed by atoms with van der Waals surface area (Å²) in [5.74, 6) is -0.0299. The number of piperazine rings is 1. The molecule has 5 rings (SSSR count). The van der Waals surface area contributed by atoms with Gasteiger partial charge < -0.3 is 25.7 Å². The van der Waals surface area contributed by atoms with Crippen LogP contribution in [-0.2, 0) is 0 Å². The first kappa shape index (κ1) is 27.7. The molecule has 0 unspecified atom stereocenters. The van der Waals surface area contributed by atoms with E-state index in [9.17, 15) is 19.0 Å². The molecule has 0 spiro atoms. The van der Waals surface area contributed by atoms with Crippen molar-refractivity contribution < 1.29 is 19.0 Å². The van der Waals surface area contributed by atoms with Gasteiger partial charge in [0.05, 0.1) is 24.1 Å². The van der Waals surface area contributed by atoms with E-state index in [1.165, 1.54) is 12.1 Å². The van der Waals surface area contributed by atoms with Crippen molar-refractivity contribution in [1.82, 2.24) is 24.6 Å². The molecule has 2 aliphatic rings. The number of aliphatic hydroxyl groups is 2. The lowest BCUT2D eigenvalue weighted by Gasteiger charge is -2.35. The molecule has 0 aliphatic carbocycles. The number of halogens is 3. The molecule has 13 heteroatoms. The summed E-state index contributed by atoms with van der Waals surface area (Å²) >= 11 is 0. The van der Waals surface area contributed by atoms with E-state index in [-0.39, 0.29) is 31.4 Å². The third-order valence-electron chi connectivity index (χ3n) is 6.81. The summed E-state index contributed by atoms with van der Waals surface area (Å²) in [5.41, 5.74) is 8.32. The summed E-state index contributed by atoms with van der Waals surface area (Å²) in [6.07, 6.45) is 4.15. The molecule has 0 saturated carbocycles. The van der Waals surface area contributed by atoms with Crippen LogP contribution in [0, 0.1) is 18.6 Å². The van der Waals surface area contributed by atoms with Gasteiger partial charge in [0.2, 0.25) is 5.95 Å². The average Bonchev–Trinajstić information content (AvgIpc) is 3.40. The third kappa shape index (κ3) is 6.04. The fourth-order valence-corrected chi connectivity index (χ4v) is 4.72. The van der Waals surface area contributed by atoms with E-state index in [4.69, 9.17) is 5.73 Å². The number of hydrogen-bond acceptors (Lipinski definition) is 9. The highest BCUT2D eigenvalue weighted by atomic mass is 35.5. The fraction of sp³-hybridized carbons (Fsp3) is 0.400. The summed E-state index contributed by atoms with van der Waals surface area (Å²) in [7, 11) is 0. The van der Waals surface area contributed by atoms with Gasteiger partial charge >= 0.3 is 0 Å². The number of benzene rings is 1. The number of nitrogen functional groups attached to an aromatic ring is 1. The molecule has 3 aromatic rings. The molecule has 2 atom stereocenters. The third-order valence-corrected chi connectivity index (χ3v) is 6.81. The lowest BCUT2D eigenvalue weighted by atomic mass is 10.2. The summed E-state index contributed by atoms with van der Waals surface area (Å²) in [6, 6.07) is 5.35. The SMILES string of the molecule is Cc1c(C=CCN2CCN(c3cc(F)cc(F)c3)CC2)cnn1-c1cc(N2C[C@@H](O)[C@H](O)C2)nc(N)n1.Cl. The average molecular weight is 549 g/mol. The van der Waals surface area contributed by atoms with Gasteiger partial charge in [-0.15, -0.1) is 12.4 Å². The Morgan fingerprint density at radius 3 is 2.24 bits per heavy atom. The van der Waals surface area contributed by atoms with Gasteiger partial charge in [0.1, 0.15) is 17.5 Å². The van der Waals surface area contributed by atoms with Gasteiger partial charge in [0.15, 0.2) is 5.82 Å². The zero-order chi connectivity index (χ0) is 26.1. The van der Waals surface area contributed by atoms with Gasteiger partial charge in [-0.2, -0.15) is 15.1 Å². The molecular weight excluding hydrogens is 518 g/mol. The standard InChI is InChI=1S/C25H30F2N8O2.ClH/c1-16-17(3-2-4-32-5-7-33(8-6-32)20-10-18(26)9-19(27)11-20)13-29-35(16)24-12-23(30-25(28)31-24)34-14-21(36)22(37)15-34;/h2-3,9-13,21-22,36-37H,4-8,14-15H2,1H3,(H2,28,30,31);1H/t21-,22-;/m1./s1. The number of β-amino-alcohol motifs (C(OH)–C–C–N with tert-alkyl or cyclic N) is 2. The molecule has 4 N–H and O–H groups in total. The van der Waals surface area contributed by atoms with E-state index >= 15 is 0 Å². The Kier molecular flexibility index (Phi) is 8.46. The Bertz CT molecular complexity index is 1270. The molecule has 2 aliphatic heterocycles. The van der Waals surface area contributed by atoms with Crippen LogP contribution < -0.4 is 15.5 Å². The fourth-order valence-electron chi connectivity index (χ4n) is 4.72. The Morgan fingerprint density at radius 2 is 1.58 bits per heavy atom. The van der Waals surface area contributed by atoms with Crippen LogP contribution in [0.3, 0.4) is 0 Å². The Balaban J connectivity index is 0.00000336. The number of hydrogen-bond donors (Lipinski definition) is 3. The lowest BCUT2D eigenvalue weighted by Crippen LogP contribution is -2.46. The predicted octanol–water partition coefficient (Wildman–Crippen LogP) is 1.63. The zero-order valence-corrected chi connectivity index (χ0v) is 21.7. The van der Waals surface area contributed by atoms with Gasteiger partial charge in [-0.25, -0.2) is 13.5 Å². The van der Waals surface area contributed by atoms with Crippen LogP contribution in [-0.4, -0.2) is 92.9 Å². The maximum atomic E-state index is 13.5. The molecule has 0 bridgehead atoms. The first-order valence-corrected chi connectivity index (χ1v) is 12.2. The second kappa shape index (κ2) is 11.6. The number of nitrogens with two attached hydrogens (primary N) is 1. The minimum atomic E-state index is -0.838. The van der Waals surface area contributed by atoms with Crippen molar-refractivity contribution in [1.29, 1.82) is 0 Å². The second-order valence-corrected chi connectivity index (χ2v) is 9.40. The Hall–Kier alpha value is -3.32. The van der Waals surface area contributed by atoms with Crippen LogP contribution in [0.25, 0.3) is 11.9 Å². The van der Waals surface area contributed by atoms with Crippen LogP contribution in [0.2, 0.25) is 0 Å². The summed E-state index contributed by atoms with van der Waals surface area (Å²) in [6.45, 7) is 6.14. The highest BCUT2D eigenvalue weighted by molar-refractivity contribution is 5.85. The number of aliphatic hydroxyl groups excluding tert-OH is 2. The van der Waals surface area contributed by atoms with Crippen LogP contribution in [0.5, 0.6) is 0 Å². The summed E-state index contributed by atoms with van der Waals surface area (Å²) in [5, 5.41) is 24.2. The molecule has 204 valence electrons. The monoisotopic (exact) mass is 548 g/mol. The minimum absolute atomic E-state index is 0. The molecule has 10 nitrogen and oxygen atoms in total. The summed E-state index contributed by atoms with van der Waals surface area (Å²) in [4.78, 5) is 14.6. The maximum absolute atomic E-state index is 13.5. The van der Waals surface area contributed by atoms with E-state index in [2.05, 4.69) is 26.0 Å². The molecule has 1 aromatic carbocycles. The predicted molar refractivity (Wildman–Crippen MR) is 144 cm³/mol. The van der Waals surface area contributed by atoms with E-state index in [1.54, 1.807) is 21.8 Å². The van der Waals surface area contributed by atoms with Crippen LogP contribution in [0.4, 0.5) is 26.2 Å². The molecule has 0 amide bonds. The second-order valence-electron chi connectivity index (χ2n) is 9.40. The molecule has 0 radical (unpaired) electrons. The van der Waals surface area contributed by atoms with E-state index in [1.807, 2.05) is 17.9 Å². The number of anilines is 3. The molecule has 2 aromatic heterocycles. The van der Waals surface area contributed by atoms with Crippen molar-refractivity contribution in [2.24, 2.45) is 0 Å². The molecular formula is C25H31ClF2N8O2. The Labute approximate surface area is 225 Å². The number of nitrogens with zero attached hydrogens (tertiary/aromatic N) is 7. The van der Waals surface area contributed by atoms with Gasteiger partial charge in [-0.05, 0) is 19.1 Å². The van der Waals surface area contributed by atoms with Crippen LogP contribution in [0.15, 0.2) is 36.5 Å². The van der Waals surface area contributed by atoms with E-state index < -0.39 is 23.8 Å². The molecule has 2 fully saturated rings. The highest BCUT2D eigenvalue weighted by Crippen LogP contribution is 2.23. The van der Waals surface area contributed by atoms with Crippen molar-refractivity contribution in [3.63, 3.8) is 0 Å². The van der Waals surface area contributed by atoms with Gasteiger partial charge in [0.25, 0.3) is 0 Å². The van der Waals surface area contributed by atoms with Crippen molar-refractivity contribution >= 4 is 35.9 Å². The maximum Gasteiger partial charge on any atom is 0.224 e.